The molecule has 0 heterocycles. The maximum atomic E-state index is 12.6. The average molecular weight is 684 g/mol. The van der Waals surface area contributed by atoms with Crippen LogP contribution in [0, 0.1) is 0 Å². The molecule has 3 atom stereocenters. The Morgan fingerprint density at radius 2 is 1.00 bits per heavy atom. The summed E-state index contributed by atoms with van der Waals surface area (Å²) in [7, 11) is -4.44. The Hall–Kier alpha value is -1.48. The van der Waals surface area contributed by atoms with E-state index in [2.05, 4.69) is 43.5 Å². The molecule has 1 amide bonds. The van der Waals surface area contributed by atoms with Gasteiger partial charge in [-0.1, -0.05) is 166 Å². The third-order valence-corrected chi connectivity index (χ3v) is 9.45. The summed E-state index contributed by atoms with van der Waals surface area (Å²) in [5.41, 5.74) is 0. The van der Waals surface area contributed by atoms with Crippen molar-refractivity contribution in [3.63, 3.8) is 0 Å². The molecule has 0 saturated carbocycles. The number of nitrogens with one attached hydrogen (secondary N) is 1. The highest BCUT2D eigenvalue weighted by Gasteiger charge is 2.27. The van der Waals surface area contributed by atoms with Crippen LogP contribution < -0.4 is 5.32 Å². The molecule has 0 saturated heterocycles. The second-order valence-electron chi connectivity index (χ2n) is 13.3. The maximum Gasteiger partial charge on any atom is 0.267 e. The van der Waals surface area contributed by atoms with Crippen LogP contribution in [0.2, 0.25) is 0 Å². The van der Waals surface area contributed by atoms with E-state index < -0.39 is 40.0 Å². The van der Waals surface area contributed by atoms with Crippen molar-refractivity contribution in [2.75, 3.05) is 5.75 Å². The molecule has 0 spiro atoms. The van der Waals surface area contributed by atoms with Gasteiger partial charge in [0.2, 0.25) is 5.91 Å². The van der Waals surface area contributed by atoms with Crippen LogP contribution in [0.3, 0.4) is 0 Å². The third kappa shape index (κ3) is 32.8. The highest BCUT2D eigenvalue weighted by Crippen LogP contribution is 2.14. The fourth-order valence-corrected chi connectivity index (χ4v) is 6.40. The quantitative estimate of drug-likeness (QED) is 0.0304. The molecule has 0 aromatic heterocycles. The van der Waals surface area contributed by atoms with E-state index in [-0.39, 0.29) is 6.42 Å². The van der Waals surface area contributed by atoms with Crippen LogP contribution in [-0.2, 0) is 14.9 Å². The lowest BCUT2D eigenvalue weighted by Crippen LogP contribution is -2.50. The molecule has 276 valence electrons. The van der Waals surface area contributed by atoms with E-state index in [4.69, 9.17) is 0 Å². The van der Waals surface area contributed by atoms with Crippen LogP contribution >= 0.6 is 0 Å². The van der Waals surface area contributed by atoms with Crippen molar-refractivity contribution in [1.29, 1.82) is 0 Å². The van der Waals surface area contributed by atoms with Gasteiger partial charge in [0.15, 0.2) is 0 Å². The zero-order valence-electron chi connectivity index (χ0n) is 30.3. The average Bonchev–Trinajstić information content (AvgIpc) is 3.03. The Labute approximate surface area is 289 Å². The highest BCUT2D eigenvalue weighted by molar-refractivity contribution is 7.85. The summed E-state index contributed by atoms with van der Waals surface area (Å²) in [5, 5.41) is 23.3. The zero-order valence-corrected chi connectivity index (χ0v) is 31.1. The zero-order chi connectivity index (χ0) is 34.9. The van der Waals surface area contributed by atoms with Crippen molar-refractivity contribution < 1.29 is 28.0 Å². The van der Waals surface area contributed by atoms with Gasteiger partial charge in [-0.15, -0.1) is 0 Å². The van der Waals surface area contributed by atoms with Crippen molar-refractivity contribution in [1.82, 2.24) is 5.32 Å². The number of aliphatic hydroxyl groups excluding tert-OH is 2. The molecule has 0 aliphatic carbocycles. The van der Waals surface area contributed by atoms with E-state index in [0.29, 0.717) is 6.42 Å². The van der Waals surface area contributed by atoms with Crippen LogP contribution in [-0.4, -0.2) is 53.1 Å². The molecule has 0 bridgehead atoms. The van der Waals surface area contributed by atoms with Gasteiger partial charge in [0, 0.05) is 0 Å². The maximum absolute atomic E-state index is 12.6. The van der Waals surface area contributed by atoms with E-state index in [1.807, 2.05) is 0 Å². The molecule has 0 radical (unpaired) electrons. The standard InChI is InChI=1S/C39H73NO6S/c1-3-5-7-9-11-13-15-17-19-20-22-24-26-28-30-32-34-38(42)39(43)40-36(35-47(44,45)46)37(41)33-31-29-27-25-23-21-18-16-14-12-10-8-6-4-2/h11,13,17,19,31,33,36-38,41-42H,3-10,12,14-16,18,20-30,32,34-35H2,1-2H3,(H,40,43)(H,44,45,46)/b13-11-,19-17-,33-31+. The van der Waals surface area contributed by atoms with Crippen molar-refractivity contribution in [2.45, 2.75) is 199 Å². The van der Waals surface area contributed by atoms with Gasteiger partial charge in [-0.05, 0) is 51.4 Å². The fourth-order valence-electron chi connectivity index (χ4n) is 5.66. The third-order valence-electron chi connectivity index (χ3n) is 8.67. The molecule has 0 aliphatic heterocycles. The Balaban J connectivity index is 4.11. The minimum absolute atomic E-state index is 0.268. The van der Waals surface area contributed by atoms with Crippen molar-refractivity contribution >= 4 is 16.0 Å². The molecule has 8 heteroatoms. The minimum Gasteiger partial charge on any atom is -0.387 e. The number of unbranched alkanes of at least 4 members (excludes halogenated alkanes) is 21. The van der Waals surface area contributed by atoms with E-state index in [1.165, 1.54) is 96.0 Å². The first-order valence-corrected chi connectivity index (χ1v) is 20.9. The fraction of sp³-hybridized carbons (Fsp3) is 0.821. The first-order chi connectivity index (χ1) is 22.7. The number of hydrogen-bond acceptors (Lipinski definition) is 5. The van der Waals surface area contributed by atoms with E-state index in [1.54, 1.807) is 6.08 Å². The molecule has 4 N–H and O–H groups in total. The van der Waals surface area contributed by atoms with Crippen LogP contribution in [0.4, 0.5) is 0 Å². The summed E-state index contributed by atoms with van der Waals surface area (Å²) in [6.45, 7) is 4.47. The Morgan fingerprint density at radius 1 is 0.596 bits per heavy atom. The summed E-state index contributed by atoms with van der Waals surface area (Å²) in [4.78, 5) is 12.6. The van der Waals surface area contributed by atoms with Crippen LogP contribution in [0.25, 0.3) is 0 Å². The molecule has 0 aliphatic rings. The Morgan fingerprint density at radius 3 is 1.49 bits per heavy atom. The molecular formula is C39H73NO6S. The number of carbonyl (C=O) groups is 1. The second-order valence-corrected chi connectivity index (χ2v) is 14.8. The Kier molecular flexibility index (Phi) is 32.0. The topological polar surface area (TPSA) is 124 Å². The predicted octanol–water partition coefficient (Wildman–Crippen LogP) is 9.93. The number of carbonyl (C=O) groups excluding carboxylic acids is 1. The number of aliphatic hydroxyl groups is 2. The van der Waals surface area contributed by atoms with E-state index in [9.17, 15) is 28.0 Å². The molecule has 0 aromatic carbocycles. The molecule has 0 fully saturated rings. The lowest BCUT2D eigenvalue weighted by atomic mass is 10.0. The molecule has 0 rings (SSSR count). The van der Waals surface area contributed by atoms with Gasteiger partial charge in [0.25, 0.3) is 10.1 Å². The van der Waals surface area contributed by atoms with Gasteiger partial charge in [0.05, 0.1) is 17.9 Å². The first kappa shape index (κ1) is 45.5. The molecule has 3 unspecified atom stereocenters. The van der Waals surface area contributed by atoms with E-state index in [0.717, 1.165) is 64.2 Å². The summed E-state index contributed by atoms with van der Waals surface area (Å²) >= 11 is 0. The smallest absolute Gasteiger partial charge is 0.267 e. The van der Waals surface area contributed by atoms with Gasteiger partial charge < -0.3 is 15.5 Å². The van der Waals surface area contributed by atoms with E-state index >= 15 is 0 Å². The number of rotatable bonds is 34. The SMILES string of the molecule is CCCCC/C=C\C/C=C\CCCCCCCCC(O)C(=O)NC(CS(=O)(=O)O)C(O)/C=C/CCCCCCCCCCCCCC. The van der Waals surface area contributed by atoms with Gasteiger partial charge in [0.1, 0.15) is 6.10 Å². The summed E-state index contributed by atoms with van der Waals surface area (Å²) < 4.78 is 32.4. The lowest BCUT2D eigenvalue weighted by molar-refractivity contribution is -0.130. The molecule has 47 heavy (non-hydrogen) atoms. The summed E-state index contributed by atoms with van der Waals surface area (Å²) in [6.07, 6.45) is 39.0. The number of allylic oxidation sites excluding steroid dienone is 5. The number of hydrogen-bond donors (Lipinski definition) is 4. The van der Waals surface area contributed by atoms with Crippen molar-refractivity contribution in [3.8, 4) is 0 Å². The minimum atomic E-state index is -4.44. The second kappa shape index (κ2) is 33.0. The highest BCUT2D eigenvalue weighted by atomic mass is 32.2. The molecule has 0 aromatic rings. The first-order valence-electron chi connectivity index (χ1n) is 19.3. The Bertz CT molecular complexity index is 901. The monoisotopic (exact) mass is 684 g/mol. The van der Waals surface area contributed by atoms with Crippen LogP contribution in [0.1, 0.15) is 181 Å². The van der Waals surface area contributed by atoms with Gasteiger partial charge in [-0.3, -0.25) is 9.35 Å². The summed E-state index contributed by atoms with van der Waals surface area (Å²) in [6, 6.07) is -1.23. The number of amides is 1. The van der Waals surface area contributed by atoms with Gasteiger partial charge in [-0.25, -0.2) is 0 Å². The van der Waals surface area contributed by atoms with Gasteiger partial charge in [-0.2, -0.15) is 8.42 Å². The van der Waals surface area contributed by atoms with Crippen molar-refractivity contribution in [3.05, 3.63) is 36.5 Å². The molecule has 7 nitrogen and oxygen atoms in total. The predicted molar refractivity (Wildman–Crippen MR) is 199 cm³/mol. The van der Waals surface area contributed by atoms with Gasteiger partial charge >= 0.3 is 0 Å². The van der Waals surface area contributed by atoms with Crippen LogP contribution in [0.5, 0.6) is 0 Å². The largest absolute Gasteiger partial charge is 0.387 e. The molecular weight excluding hydrogens is 610 g/mol. The normalized spacial score (nSPS) is 14.4. The van der Waals surface area contributed by atoms with Crippen LogP contribution in [0.15, 0.2) is 36.5 Å². The lowest BCUT2D eigenvalue weighted by Gasteiger charge is -2.22. The summed E-state index contributed by atoms with van der Waals surface area (Å²) in [5.74, 6) is -1.55. The van der Waals surface area contributed by atoms with Crippen molar-refractivity contribution in [2.24, 2.45) is 0 Å².